The van der Waals surface area contributed by atoms with Crippen LogP contribution >= 0.6 is 15.9 Å². The second-order valence-electron chi connectivity index (χ2n) is 2.47. The number of nitrogens with zero attached hydrogens (tertiary/aromatic N) is 1. The fraction of sp³-hybridized carbons (Fsp3) is 0.250. The van der Waals surface area contributed by atoms with E-state index in [-0.39, 0.29) is 5.33 Å². The number of alkyl halides is 3. The Morgan fingerprint density at radius 1 is 1.64 bits per heavy atom. The van der Waals surface area contributed by atoms with Crippen LogP contribution in [0, 0.1) is 0 Å². The van der Waals surface area contributed by atoms with Crippen molar-refractivity contribution < 1.29 is 18.7 Å². The molecule has 6 heteroatoms. The molecule has 0 radical (unpaired) electrons. The van der Waals surface area contributed by atoms with Crippen molar-refractivity contribution in [2.75, 3.05) is 0 Å². The number of hydrogen-bond acceptors (Lipinski definition) is 2. The molecule has 0 bridgehead atoms. The summed E-state index contributed by atoms with van der Waals surface area (Å²) in [4.78, 5) is 14.1. The van der Waals surface area contributed by atoms with E-state index in [4.69, 9.17) is 5.11 Å². The van der Waals surface area contributed by atoms with Gasteiger partial charge in [-0.05, 0) is 11.6 Å². The fourth-order valence-electron chi connectivity index (χ4n) is 1.04. The largest absolute Gasteiger partial charge is 0.478 e. The molecule has 0 unspecified atom stereocenters. The van der Waals surface area contributed by atoms with Gasteiger partial charge in [-0.3, -0.25) is 4.98 Å². The van der Waals surface area contributed by atoms with Crippen molar-refractivity contribution >= 4 is 21.9 Å². The van der Waals surface area contributed by atoms with Crippen molar-refractivity contribution in [1.29, 1.82) is 0 Å². The molecule has 3 nitrogen and oxygen atoms in total. The van der Waals surface area contributed by atoms with Gasteiger partial charge in [0.2, 0.25) is 0 Å². The van der Waals surface area contributed by atoms with Crippen LogP contribution in [0.2, 0.25) is 0 Å². The topological polar surface area (TPSA) is 50.2 Å². The zero-order valence-electron chi connectivity index (χ0n) is 6.88. The van der Waals surface area contributed by atoms with E-state index in [1.807, 2.05) is 0 Å². The van der Waals surface area contributed by atoms with Crippen LogP contribution in [-0.4, -0.2) is 16.1 Å². The SMILES string of the molecule is O=C(O)c1c(CBr)ccnc1C(F)F. The summed E-state index contributed by atoms with van der Waals surface area (Å²) in [5.74, 6) is -1.39. The maximum atomic E-state index is 12.4. The molecule has 0 spiro atoms. The highest BCUT2D eigenvalue weighted by atomic mass is 79.9. The normalized spacial score (nSPS) is 10.6. The van der Waals surface area contributed by atoms with Crippen LogP contribution in [0.15, 0.2) is 12.3 Å². The van der Waals surface area contributed by atoms with Crippen molar-refractivity contribution in [3.8, 4) is 0 Å². The molecular formula is C8H6BrF2NO2. The van der Waals surface area contributed by atoms with Gasteiger partial charge in [0.25, 0.3) is 6.43 Å². The number of rotatable bonds is 3. The molecule has 0 fully saturated rings. The molecule has 0 aliphatic heterocycles. The second kappa shape index (κ2) is 4.45. The minimum Gasteiger partial charge on any atom is -0.478 e. The molecule has 0 aromatic carbocycles. The molecule has 1 heterocycles. The smallest absolute Gasteiger partial charge is 0.338 e. The van der Waals surface area contributed by atoms with Crippen molar-refractivity contribution in [2.45, 2.75) is 11.8 Å². The van der Waals surface area contributed by atoms with Crippen LogP contribution < -0.4 is 0 Å². The average Bonchev–Trinajstić information content (AvgIpc) is 2.16. The summed E-state index contributed by atoms with van der Waals surface area (Å²) in [6, 6.07) is 1.39. The van der Waals surface area contributed by atoms with E-state index in [1.54, 1.807) is 0 Å². The Morgan fingerprint density at radius 2 is 2.29 bits per heavy atom. The Kier molecular flexibility index (Phi) is 3.51. The third-order valence-corrected chi connectivity index (χ3v) is 2.24. The first-order valence-electron chi connectivity index (χ1n) is 3.63. The van der Waals surface area contributed by atoms with E-state index in [9.17, 15) is 13.6 Å². The van der Waals surface area contributed by atoms with E-state index in [0.29, 0.717) is 5.56 Å². The van der Waals surface area contributed by atoms with Crippen LogP contribution in [0.5, 0.6) is 0 Å². The summed E-state index contributed by atoms with van der Waals surface area (Å²) in [6.07, 6.45) is -1.70. The predicted molar refractivity (Wildman–Crippen MR) is 48.8 cm³/mol. The Hall–Kier alpha value is -1.04. The van der Waals surface area contributed by atoms with Gasteiger partial charge in [0.15, 0.2) is 0 Å². The van der Waals surface area contributed by atoms with Crippen molar-refractivity contribution in [3.63, 3.8) is 0 Å². The van der Waals surface area contributed by atoms with Gasteiger partial charge in [-0.2, -0.15) is 0 Å². The summed E-state index contributed by atoms with van der Waals surface area (Å²) >= 11 is 3.02. The van der Waals surface area contributed by atoms with E-state index in [0.717, 1.165) is 0 Å². The molecule has 0 saturated heterocycles. The van der Waals surface area contributed by atoms with Crippen LogP contribution in [-0.2, 0) is 5.33 Å². The molecular weight excluding hydrogens is 260 g/mol. The molecule has 0 aliphatic rings. The third-order valence-electron chi connectivity index (χ3n) is 1.63. The fourth-order valence-corrected chi connectivity index (χ4v) is 1.51. The van der Waals surface area contributed by atoms with Crippen LogP contribution in [0.25, 0.3) is 0 Å². The van der Waals surface area contributed by atoms with E-state index >= 15 is 0 Å². The summed E-state index contributed by atoms with van der Waals surface area (Å²) in [5, 5.41) is 8.94. The lowest BCUT2D eigenvalue weighted by atomic mass is 10.1. The standard InChI is InChI=1S/C8H6BrF2NO2/c9-3-4-1-2-12-6(7(10)11)5(4)8(13)14/h1-2,7H,3H2,(H,13,14). The number of aromatic carboxylic acids is 1. The highest BCUT2D eigenvalue weighted by Gasteiger charge is 2.22. The predicted octanol–water partition coefficient (Wildman–Crippen LogP) is 2.61. The second-order valence-corrected chi connectivity index (χ2v) is 3.03. The van der Waals surface area contributed by atoms with Gasteiger partial charge >= 0.3 is 5.97 Å². The van der Waals surface area contributed by atoms with Crippen LogP contribution in [0.4, 0.5) is 8.78 Å². The number of hydrogen-bond donors (Lipinski definition) is 1. The van der Waals surface area contributed by atoms with Crippen molar-refractivity contribution in [3.05, 3.63) is 29.1 Å². The van der Waals surface area contributed by atoms with Gasteiger partial charge in [0, 0.05) is 11.5 Å². The summed E-state index contributed by atoms with van der Waals surface area (Å²) in [6.45, 7) is 0. The van der Waals surface area contributed by atoms with E-state index < -0.39 is 23.7 Å². The monoisotopic (exact) mass is 265 g/mol. The molecule has 76 valence electrons. The summed E-state index contributed by atoms with van der Waals surface area (Å²) in [5.41, 5.74) is -0.809. The van der Waals surface area contributed by atoms with Gasteiger partial charge in [0.1, 0.15) is 5.69 Å². The lowest BCUT2D eigenvalue weighted by Crippen LogP contribution is -2.08. The number of carboxylic acids is 1. The number of carbonyl (C=O) groups is 1. The first kappa shape index (κ1) is 11.0. The lowest BCUT2D eigenvalue weighted by Gasteiger charge is -2.07. The molecule has 0 saturated carbocycles. The van der Waals surface area contributed by atoms with E-state index in [1.165, 1.54) is 12.3 Å². The molecule has 0 aliphatic carbocycles. The molecule has 0 atom stereocenters. The molecule has 1 N–H and O–H groups in total. The first-order chi connectivity index (χ1) is 6.57. The molecule has 14 heavy (non-hydrogen) atoms. The maximum absolute atomic E-state index is 12.4. The minimum atomic E-state index is -2.87. The van der Waals surface area contributed by atoms with Gasteiger partial charge in [-0.1, -0.05) is 15.9 Å². The average molecular weight is 266 g/mol. The number of pyridine rings is 1. The number of aromatic nitrogens is 1. The molecule has 1 aromatic heterocycles. The van der Waals surface area contributed by atoms with Crippen LogP contribution in [0.3, 0.4) is 0 Å². The number of halogens is 3. The zero-order chi connectivity index (χ0) is 10.7. The minimum absolute atomic E-state index is 0.205. The molecule has 1 aromatic rings. The Bertz CT molecular complexity index is 357. The molecule has 0 amide bonds. The van der Waals surface area contributed by atoms with Crippen LogP contribution in [0.1, 0.15) is 28.0 Å². The van der Waals surface area contributed by atoms with Gasteiger partial charge < -0.3 is 5.11 Å². The van der Waals surface area contributed by atoms with Crippen molar-refractivity contribution in [1.82, 2.24) is 4.98 Å². The Balaban J connectivity index is 3.35. The maximum Gasteiger partial charge on any atom is 0.338 e. The van der Waals surface area contributed by atoms with E-state index in [2.05, 4.69) is 20.9 Å². The summed E-state index contributed by atoms with van der Waals surface area (Å²) in [7, 11) is 0. The highest BCUT2D eigenvalue weighted by molar-refractivity contribution is 9.08. The zero-order valence-corrected chi connectivity index (χ0v) is 8.46. The molecule has 1 rings (SSSR count). The quantitative estimate of drug-likeness (QED) is 0.855. The highest BCUT2D eigenvalue weighted by Crippen LogP contribution is 2.24. The van der Waals surface area contributed by atoms with Crippen molar-refractivity contribution in [2.24, 2.45) is 0 Å². The first-order valence-corrected chi connectivity index (χ1v) is 4.75. The van der Waals surface area contributed by atoms with Gasteiger partial charge in [0.05, 0.1) is 5.56 Å². The van der Waals surface area contributed by atoms with Gasteiger partial charge in [-0.25, -0.2) is 13.6 Å². The summed E-state index contributed by atoms with van der Waals surface area (Å²) < 4.78 is 24.7. The lowest BCUT2D eigenvalue weighted by molar-refractivity contribution is 0.0681. The third kappa shape index (κ3) is 2.06. The Morgan fingerprint density at radius 3 is 2.71 bits per heavy atom. The van der Waals surface area contributed by atoms with Gasteiger partial charge in [-0.15, -0.1) is 0 Å². The number of carboxylic acid groups (broad SMARTS) is 1. The Labute approximate surface area is 86.9 Å².